The second-order valence-electron chi connectivity index (χ2n) is 16.9. The summed E-state index contributed by atoms with van der Waals surface area (Å²) in [5.74, 6) is 0. The van der Waals surface area contributed by atoms with E-state index in [0.717, 1.165) is 11.3 Å². The minimum absolute atomic E-state index is 0.961. The number of aromatic nitrogens is 1. The largest absolute Gasteiger partial charge is 0.309 e. The quantitative estimate of drug-likeness (QED) is 0.106. The number of rotatable bonds is 8. The van der Waals surface area contributed by atoms with Crippen LogP contribution in [0.4, 0.5) is 0 Å². The fraction of sp³-hybridized carbons (Fsp3) is 0.0154. The number of para-hydroxylation sites is 1. The first-order valence-corrected chi connectivity index (χ1v) is 23.7. The van der Waals surface area contributed by atoms with Gasteiger partial charge in [0.1, 0.15) is 0 Å². The Morgan fingerprint density at radius 3 is 1.60 bits per heavy atom. The third-order valence-electron chi connectivity index (χ3n) is 12.9. The highest BCUT2D eigenvalue weighted by atomic mass is 32.1. The molecule has 10 aromatic carbocycles. The Bertz CT molecular complexity index is 3790. The van der Waals surface area contributed by atoms with Crippen LogP contribution in [0.25, 0.3) is 115 Å². The van der Waals surface area contributed by atoms with Gasteiger partial charge in [-0.15, -0.1) is 11.3 Å². The SMILES string of the molecule is C=CC(=C)C=CC.c1ccc(-c2ccc(-n3c4ccccc4c4c(-c5cc(-c6cc(-c7ccccc7)cs6)ccc5-c5ccc6c7ccccc7c7ccccc7c6c5)cccc43)cc2)cc1. The zero-order valence-electron chi connectivity index (χ0n) is 37.4. The van der Waals surface area contributed by atoms with E-state index in [0.29, 0.717) is 0 Å². The van der Waals surface area contributed by atoms with Gasteiger partial charge in [-0.05, 0) is 143 Å². The Kier molecular flexibility index (Phi) is 11.1. The number of allylic oxidation sites excluding steroid dienone is 4. The summed E-state index contributed by atoms with van der Waals surface area (Å²) in [5, 5.41) is 12.5. The topological polar surface area (TPSA) is 4.93 Å². The molecule has 0 saturated heterocycles. The Hall–Kier alpha value is -8.30. The zero-order chi connectivity index (χ0) is 45.3. The van der Waals surface area contributed by atoms with Crippen LogP contribution in [0.15, 0.2) is 261 Å². The van der Waals surface area contributed by atoms with Crippen molar-refractivity contribution in [3.05, 3.63) is 261 Å². The summed E-state index contributed by atoms with van der Waals surface area (Å²) in [6, 6.07) is 80.3. The third kappa shape index (κ3) is 7.68. The maximum absolute atomic E-state index is 3.66. The molecule has 0 aliphatic heterocycles. The summed E-state index contributed by atoms with van der Waals surface area (Å²) in [4.78, 5) is 1.26. The second kappa shape index (κ2) is 17.9. The van der Waals surface area contributed by atoms with Gasteiger partial charge in [0.15, 0.2) is 0 Å². The molecule has 2 aromatic heterocycles. The molecule has 0 bridgehead atoms. The standard InChI is InChI=1S/C58H37NS.C7H10/c1-3-14-38(15-4-1)40-26-30-44(31-27-40)59-55-24-12-11-22-52(55)58-51(23-13-25-56(58)59)53-35-42(57-36-43(37-60-57)39-16-5-2-6-17-39)29-32-45(53)41-28-33-50-48-20-8-7-18-46(48)47-19-9-10-21-49(47)54(50)34-41;1-4-6-7(3)5-2/h1-37H;4-6H,2-3H2,1H3. The molecule has 1 nitrogen and oxygen atoms in total. The van der Waals surface area contributed by atoms with Crippen LogP contribution in [0, 0.1) is 0 Å². The molecule has 0 saturated carbocycles. The first-order valence-electron chi connectivity index (χ1n) is 22.8. The van der Waals surface area contributed by atoms with E-state index in [9.17, 15) is 0 Å². The average molecular weight is 874 g/mol. The van der Waals surface area contributed by atoms with Crippen LogP contribution in [0.2, 0.25) is 0 Å². The lowest BCUT2D eigenvalue weighted by molar-refractivity contribution is 1.18. The smallest absolute Gasteiger partial charge is 0.0547 e. The van der Waals surface area contributed by atoms with Crippen molar-refractivity contribution in [1.29, 1.82) is 0 Å². The molecule has 0 radical (unpaired) electrons. The molecule has 0 fully saturated rings. The van der Waals surface area contributed by atoms with Crippen LogP contribution < -0.4 is 0 Å². The Morgan fingerprint density at radius 2 is 0.955 bits per heavy atom. The summed E-state index contributed by atoms with van der Waals surface area (Å²) >= 11 is 1.81. The molecule has 318 valence electrons. The first kappa shape index (κ1) is 41.4. The fourth-order valence-electron chi connectivity index (χ4n) is 9.75. The molecule has 0 aliphatic carbocycles. The summed E-state index contributed by atoms with van der Waals surface area (Å²) in [6.07, 6.45) is 5.57. The Morgan fingerprint density at radius 1 is 0.418 bits per heavy atom. The van der Waals surface area contributed by atoms with Gasteiger partial charge >= 0.3 is 0 Å². The lowest BCUT2D eigenvalue weighted by atomic mass is 9.88. The summed E-state index contributed by atoms with van der Waals surface area (Å²) < 4.78 is 2.44. The highest BCUT2D eigenvalue weighted by Crippen LogP contribution is 2.46. The first-order chi connectivity index (χ1) is 33.1. The molecule has 0 aliphatic rings. The van der Waals surface area contributed by atoms with Gasteiger partial charge < -0.3 is 4.57 Å². The minimum atomic E-state index is 0.961. The van der Waals surface area contributed by atoms with Gasteiger partial charge in [0.2, 0.25) is 0 Å². The van der Waals surface area contributed by atoms with Crippen molar-refractivity contribution in [3.8, 4) is 60.6 Å². The van der Waals surface area contributed by atoms with Crippen molar-refractivity contribution in [3.63, 3.8) is 0 Å². The molecular formula is C65H47NS. The number of fused-ring (bicyclic) bond motifs is 9. The predicted octanol–water partition coefficient (Wildman–Crippen LogP) is 18.9. The van der Waals surface area contributed by atoms with Gasteiger partial charge in [0, 0.05) is 21.3 Å². The summed E-state index contributed by atoms with van der Waals surface area (Å²) in [6.45, 7) is 9.14. The highest BCUT2D eigenvalue weighted by Gasteiger charge is 2.20. The number of hydrogen-bond acceptors (Lipinski definition) is 1. The van der Waals surface area contributed by atoms with Crippen LogP contribution in [-0.2, 0) is 0 Å². The monoisotopic (exact) mass is 873 g/mol. The predicted molar refractivity (Wildman–Crippen MR) is 293 cm³/mol. The van der Waals surface area contributed by atoms with Gasteiger partial charge in [-0.25, -0.2) is 0 Å². The Labute approximate surface area is 396 Å². The molecule has 67 heavy (non-hydrogen) atoms. The van der Waals surface area contributed by atoms with Gasteiger partial charge in [0.25, 0.3) is 0 Å². The lowest BCUT2D eigenvalue weighted by Gasteiger charge is -2.16. The van der Waals surface area contributed by atoms with Crippen molar-refractivity contribution in [2.24, 2.45) is 0 Å². The van der Waals surface area contributed by atoms with E-state index in [1.807, 2.05) is 30.4 Å². The number of benzene rings is 10. The van der Waals surface area contributed by atoms with E-state index in [2.05, 4.69) is 241 Å². The van der Waals surface area contributed by atoms with Gasteiger partial charge in [-0.2, -0.15) is 0 Å². The Balaban J connectivity index is 0.000000657. The van der Waals surface area contributed by atoms with E-state index in [-0.39, 0.29) is 0 Å². The van der Waals surface area contributed by atoms with Crippen molar-refractivity contribution in [2.45, 2.75) is 6.92 Å². The summed E-state index contributed by atoms with van der Waals surface area (Å²) in [5.41, 5.74) is 15.5. The van der Waals surface area contributed by atoms with Crippen LogP contribution in [-0.4, -0.2) is 4.57 Å². The molecule has 2 heteroatoms. The molecule has 2 heterocycles. The van der Waals surface area contributed by atoms with Crippen molar-refractivity contribution >= 4 is 65.5 Å². The lowest BCUT2D eigenvalue weighted by Crippen LogP contribution is -1.94. The maximum Gasteiger partial charge on any atom is 0.0547 e. The molecule has 0 amide bonds. The van der Waals surface area contributed by atoms with Crippen molar-refractivity contribution < 1.29 is 0 Å². The molecule has 0 atom stereocenters. The number of hydrogen-bond donors (Lipinski definition) is 0. The summed E-state index contributed by atoms with van der Waals surface area (Å²) in [7, 11) is 0. The average Bonchev–Trinajstić information content (AvgIpc) is 4.04. The van der Waals surface area contributed by atoms with Gasteiger partial charge in [-0.3, -0.25) is 0 Å². The number of thiophene rings is 1. The van der Waals surface area contributed by atoms with Crippen LogP contribution in [0.1, 0.15) is 6.92 Å². The van der Waals surface area contributed by atoms with Crippen molar-refractivity contribution in [1.82, 2.24) is 4.57 Å². The minimum Gasteiger partial charge on any atom is -0.309 e. The molecule has 12 aromatic rings. The maximum atomic E-state index is 3.66. The zero-order valence-corrected chi connectivity index (χ0v) is 38.2. The van der Waals surface area contributed by atoms with Gasteiger partial charge in [-0.1, -0.05) is 207 Å². The molecule has 0 unspecified atom stereocenters. The van der Waals surface area contributed by atoms with E-state index in [4.69, 9.17) is 0 Å². The van der Waals surface area contributed by atoms with Crippen LogP contribution >= 0.6 is 11.3 Å². The van der Waals surface area contributed by atoms with E-state index >= 15 is 0 Å². The molecule has 12 rings (SSSR count). The van der Waals surface area contributed by atoms with Gasteiger partial charge in [0.05, 0.1) is 11.0 Å². The van der Waals surface area contributed by atoms with E-state index in [1.165, 1.54) is 109 Å². The molecule has 0 spiro atoms. The van der Waals surface area contributed by atoms with E-state index in [1.54, 1.807) is 6.08 Å². The second-order valence-corrected chi connectivity index (χ2v) is 17.8. The van der Waals surface area contributed by atoms with Crippen LogP contribution in [0.3, 0.4) is 0 Å². The van der Waals surface area contributed by atoms with E-state index < -0.39 is 0 Å². The van der Waals surface area contributed by atoms with Crippen LogP contribution in [0.5, 0.6) is 0 Å². The third-order valence-corrected chi connectivity index (χ3v) is 13.9. The normalized spacial score (nSPS) is 11.4. The highest BCUT2D eigenvalue weighted by molar-refractivity contribution is 7.14. The molecular weight excluding hydrogens is 827 g/mol. The van der Waals surface area contributed by atoms with Crippen molar-refractivity contribution in [2.75, 3.05) is 0 Å². The fourth-order valence-corrected chi connectivity index (χ4v) is 10.7. The number of nitrogens with zero attached hydrogens (tertiary/aromatic N) is 1. The molecule has 0 N–H and O–H groups in total.